The number of carbonyl (C=O) groups excluding carboxylic acids is 2. The monoisotopic (exact) mass is 734 g/mol. The van der Waals surface area contributed by atoms with E-state index in [2.05, 4.69) is 11.7 Å². The van der Waals surface area contributed by atoms with Gasteiger partial charge in [-0.2, -0.15) is 10.1 Å². The first-order valence-electron chi connectivity index (χ1n) is 16.9. The van der Waals surface area contributed by atoms with Gasteiger partial charge in [0.05, 0.1) is 27.6 Å². The van der Waals surface area contributed by atoms with Gasteiger partial charge in [0.25, 0.3) is 5.91 Å². The molecule has 1 aliphatic heterocycles. The van der Waals surface area contributed by atoms with Crippen molar-refractivity contribution in [3.8, 4) is 45.6 Å². The molecule has 1 aliphatic rings. The van der Waals surface area contributed by atoms with Crippen LogP contribution in [0.2, 0.25) is 5.02 Å². The minimum absolute atomic E-state index is 0.00834. The first-order valence-corrected chi connectivity index (χ1v) is 17.3. The van der Waals surface area contributed by atoms with Gasteiger partial charge in [-0.25, -0.2) is 0 Å². The van der Waals surface area contributed by atoms with E-state index in [4.69, 9.17) is 11.6 Å². The third-order valence-electron chi connectivity index (χ3n) is 9.90. The van der Waals surface area contributed by atoms with Gasteiger partial charge in [0.15, 0.2) is 29.3 Å². The fourth-order valence-electron chi connectivity index (χ4n) is 7.53. The van der Waals surface area contributed by atoms with Crippen LogP contribution in [0.1, 0.15) is 83.3 Å². The number of halogens is 1. The van der Waals surface area contributed by atoms with Crippen molar-refractivity contribution in [2.45, 2.75) is 60.3 Å². The van der Waals surface area contributed by atoms with Crippen molar-refractivity contribution < 1.29 is 40.2 Å². The first-order chi connectivity index (χ1) is 25.0. The van der Waals surface area contributed by atoms with E-state index in [9.17, 15) is 40.2 Å². The average molecular weight is 735 g/mol. The van der Waals surface area contributed by atoms with Crippen LogP contribution in [0, 0.1) is 20.8 Å². The minimum Gasteiger partial charge on any atom is -0.507 e. The van der Waals surface area contributed by atoms with Crippen LogP contribution in [0.3, 0.4) is 0 Å². The molecule has 0 spiro atoms. The number of aromatic hydroxyl groups is 6. The summed E-state index contributed by atoms with van der Waals surface area (Å²) < 4.78 is 0. The molecule has 1 amide bonds. The third kappa shape index (κ3) is 5.44. The lowest BCUT2D eigenvalue weighted by Crippen LogP contribution is -2.22. The molecule has 0 bridgehead atoms. The molecule has 10 nitrogen and oxygen atoms in total. The summed E-state index contributed by atoms with van der Waals surface area (Å²) in [6.07, 6.45) is 3.04. The molecule has 6 N–H and O–H groups in total. The second-order valence-corrected chi connectivity index (χ2v) is 14.3. The zero-order valence-electron chi connectivity index (χ0n) is 30.3. The van der Waals surface area contributed by atoms with Crippen molar-refractivity contribution in [2.75, 3.05) is 5.01 Å². The highest BCUT2D eigenvalue weighted by atomic mass is 35.5. The van der Waals surface area contributed by atoms with E-state index in [0.29, 0.717) is 50.6 Å². The van der Waals surface area contributed by atoms with Crippen LogP contribution in [-0.4, -0.2) is 48.5 Å². The second kappa shape index (κ2) is 13.2. The molecule has 0 aliphatic carbocycles. The van der Waals surface area contributed by atoms with E-state index in [1.807, 2.05) is 13.8 Å². The zero-order chi connectivity index (χ0) is 39.0. The van der Waals surface area contributed by atoms with E-state index in [0.717, 1.165) is 5.01 Å². The van der Waals surface area contributed by atoms with Crippen LogP contribution in [0.25, 0.3) is 38.7 Å². The number of nitrogens with zero attached hydrogens (tertiary/aromatic N) is 2. The number of allylic oxidation sites excluding steroid dienone is 1. The Morgan fingerprint density at radius 2 is 1.23 bits per heavy atom. The Morgan fingerprint density at radius 1 is 0.736 bits per heavy atom. The van der Waals surface area contributed by atoms with E-state index >= 15 is 0 Å². The number of carbonyl (C=O) groups is 2. The SMILES string of the molecule is C=CC1=NN(c2c(C)cccc2Cl)C(=O)/C1=C\c1c(O)c(O)c(C(C)C)c2cc(C)c(-c3c(C)cc4c(C(C)C)c(O)c(O)c(C=O)c4c3O)c(O)c12. The lowest BCUT2D eigenvalue weighted by molar-refractivity contribution is -0.114. The van der Waals surface area contributed by atoms with Gasteiger partial charge in [-0.3, -0.25) is 9.59 Å². The molecule has 0 radical (unpaired) electrons. The molecule has 0 atom stereocenters. The minimum atomic E-state index is -0.682. The van der Waals surface area contributed by atoms with E-state index < -0.39 is 40.4 Å². The second-order valence-electron chi connectivity index (χ2n) is 13.9. The molecule has 5 aromatic rings. The Labute approximate surface area is 310 Å². The molecular formula is C42H39ClN2O8. The maximum absolute atomic E-state index is 14.1. The Kier molecular flexibility index (Phi) is 9.16. The van der Waals surface area contributed by atoms with Gasteiger partial charge < -0.3 is 30.6 Å². The number of phenolic OH excluding ortho intramolecular Hbond substituents is 6. The van der Waals surface area contributed by atoms with Gasteiger partial charge >= 0.3 is 0 Å². The number of hydrogen-bond acceptors (Lipinski definition) is 9. The highest BCUT2D eigenvalue weighted by molar-refractivity contribution is 6.39. The number of rotatable bonds is 7. The normalized spacial score (nSPS) is 14.0. The number of hydrogen-bond donors (Lipinski definition) is 6. The summed E-state index contributed by atoms with van der Waals surface area (Å²) in [6, 6.07) is 8.52. The van der Waals surface area contributed by atoms with Gasteiger partial charge in [0.1, 0.15) is 11.5 Å². The van der Waals surface area contributed by atoms with Crippen LogP contribution in [0.4, 0.5) is 5.69 Å². The van der Waals surface area contributed by atoms with Gasteiger partial charge in [-0.15, -0.1) is 0 Å². The summed E-state index contributed by atoms with van der Waals surface area (Å²) in [7, 11) is 0. The van der Waals surface area contributed by atoms with E-state index in [1.54, 1.807) is 65.0 Å². The van der Waals surface area contributed by atoms with Crippen molar-refractivity contribution in [3.63, 3.8) is 0 Å². The van der Waals surface area contributed by atoms with Gasteiger partial charge in [0.2, 0.25) is 0 Å². The Hall–Kier alpha value is -6.00. The number of phenols is 6. The first kappa shape index (κ1) is 36.8. The summed E-state index contributed by atoms with van der Waals surface area (Å²) >= 11 is 6.50. The number of anilines is 1. The largest absolute Gasteiger partial charge is 0.507 e. The molecule has 5 aromatic carbocycles. The molecule has 272 valence electrons. The van der Waals surface area contributed by atoms with Gasteiger partial charge in [0, 0.05) is 38.6 Å². The standard InChI is InChI=1S/C42H39ClN2O8/c1-9-28-22(42(53)45(44-28)35-19(6)11-10-12-27(35)43)15-25-33-23(29(17(2)3)40(51)36(25)47)13-20(7)31(38(33)49)32-21(8)14-24-30(18(4)5)41(52)37(48)26(16-46)34(24)39(32)50/h9-18,47-52H,1H2,2-8H3/b22-15-. The van der Waals surface area contributed by atoms with E-state index in [1.165, 1.54) is 12.2 Å². The van der Waals surface area contributed by atoms with E-state index in [-0.39, 0.29) is 61.2 Å². The van der Waals surface area contributed by atoms with Crippen LogP contribution in [0.15, 0.2) is 53.7 Å². The Bertz CT molecular complexity index is 2510. The number of hydrazone groups is 1. The summed E-state index contributed by atoms with van der Waals surface area (Å²) in [4.78, 5) is 26.4. The molecule has 53 heavy (non-hydrogen) atoms. The summed E-state index contributed by atoms with van der Waals surface area (Å²) in [5, 5.41) is 75.8. The van der Waals surface area contributed by atoms with Crippen LogP contribution >= 0.6 is 11.6 Å². The fourth-order valence-corrected chi connectivity index (χ4v) is 7.83. The number of para-hydroxylation sites is 1. The van der Waals surface area contributed by atoms with Crippen LogP contribution in [0.5, 0.6) is 34.5 Å². The fraction of sp³-hybridized carbons (Fsp3) is 0.214. The number of amides is 1. The third-order valence-corrected chi connectivity index (χ3v) is 10.2. The van der Waals surface area contributed by atoms with Crippen molar-refractivity contribution in [3.05, 3.63) is 92.5 Å². The van der Waals surface area contributed by atoms with Crippen molar-refractivity contribution >= 4 is 62.8 Å². The Balaban J connectivity index is 1.73. The predicted molar refractivity (Wildman–Crippen MR) is 209 cm³/mol. The molecule has 0 aromatic heterocycles. The average Bonchev–Trinajstić information content (AvgIpc) is 3.39. The number of aldehydes is 1. The van der Waals surface area contributed by atoms with Crippen molar-refractivity contribution in [2.24, 2.45) is 5.10 Å². The molecule has 0 saturated heterocycles. The Morgan fingerprint density at radius 3 is 1.68 bits per heavy atom. The topological polar surface area (TPSA) is 171 Å². The number of aryl methyl sites for hydroxylation is 3. The summed E-state index contributed by atoms with van der Waals surface area (Å²) in [5.41, 5.74) is 2.57. The molecule has 11 heteroatoms. The van der Waals surface area contributed by atoms with Gasteiger partial charge in [-0.1, -0.05) is 70.1 Å². The number of fused-ring (bicyclic) bond motifs is 2. The molecule has 0 fully saturated rings. The molecule has 6 rings (SSSR count). The zero-order valence-corrected chi connectivity index (χ0v) is 31.0. The summed E-state index contributed by atoms with van der Waals surface area (Å²) in [6.45, 7) is 16.2. The molecular weight excluding hydrogens is 696 g/mol. The highest BCUT2D eigenvalue weighted by Crippen LogP contribution is 2.55. The predicted octanol–water partition coefficient (Wildman–Crippen LogP) is 9.50. The molecule has 1 heterocycles. The molecule has 0 unspecified atom stereocenters. The van der Waals surface area contributed by atoms with Gasteiger partial charge in [-0.05, 0) is 78.3 Å². The quantitative estimate of drug-likeness (QED) is 0.0545. The lowest BCUT2D eigenvalue weighted by Gasteiger charge is -2.23. The van der Waals surface area contributed by atoms with Crippen molar-refractivity contribution in [1.29, 1.82) is 0 Å². The molecule has 0 saturated carbocycles. The lowest BCUT2D eigenvalue weighted by atomic mass is 9.83. The maximum Gasteiger partial charge on any atom is 0.281 e. The highest BCUT2D eigenvalue weighted by Gasteiger charge is 2.34. The maximum atomic E-state index is 14.1. The van der Waals surface area contributed by atoms with Crippen molar-refractivity contribution in [1.82, 2.24) is 0 Å². The number of benzene rings is 5. The van der Waals surface area contributed by atoms with Crippen LogP contribution in [-0.2, 0) is 4.79 Å². The summed E-state index contributed by atoms with van der Waals surface area (Å²) in [5.74, 6) is -4.28. The van der Waals surface area contributed by atoms with Crippen LogP contribution < -0.4 is 5.01 Å². The smallest absolute Gasteiger partial charge is 0.281 e.